The highest BCUT2D eigenvalue weighted by molar-refractivity contribution is 7.99. The maximum Gasteiger partial charge on any atom is 0.277 e. The third-order valence-electron chi connectivity index (χ3n) is 3.29. The second-order valence-corrected chi connectivity index (χ2v) is 6.22. The topological polar surface area (TPSA) is 107 Å². The van der Waals surface area contributed by atoms with E-state index in [0.717, 1.165) is 11.8 Å². The Balaban J connectivity index is 1.53. The fourth-order valence-corrected chi connectivity index (χ4v) is 2.52. The first-order chi connectivity index (χ1) is 12.0. The zero-order valence-electron chi connectivity index (χ0n) is 13.6. The van der Waals surface area contributed by atoms with E-state index >= 15 is 0 Å². The third-order valence-corrected chi connectivity index (χ3v) is 4.11. The minimum atomic E-state index is -0.289. The highest BCUT2D eigenvalue weighted by Gasteiger charge is 2.17. The molecular weight excluding hydrogens is 348 g/mol. The summed E-state index contributed by atoms with van der Waals surface area (Å²) in [5, 5.41) is 10.7. The molecule has 1 aromatic heterocycles. The van der Waals surface area contributed by atoms with Gasteiger partial charge in [-0.1, -0.05) is 11.8 Å². The number of hydrogen-bond acceptors (Lipinski definition) is 8. The molecule has 1 aromatic carbocycles. The van der Waals surface area contributed by atoms with Crippen LogP contribution >= 0.6 is 11.8 Å². The van der Waals surface area contributed by atoms with Gasteiger partial charge in [0.2, 0.25) is 24.5 Å². The summed E-state index contributed by atoms with van der Waals surface area (Å²) in [5.41, 5.74) is 0.699. The quantitative estimate of drug-likeness (QED) is 0.749. The highest BCUT2D eigenvalue weighted by atomic mass is 32.2. The van der Waals surface area contributed by atoms with E-state index < -0.39 is 0 Å². The molecule has 1 N–H and O–H groups in total. The van der Waals surface area contributed by atoms with Gasteiger partial charge < -0.3 is 24.1 Å². The maximum atomic E-state index is 11.7. The van der Waals surface area contributed by atoms with E-state index in [1.807, 2.05) is 0 Å². The molecule has 0 saturated carbocycles. The Hall–Kier alpha value is -2.75. The molecule has 25 heavy (non-hydrogen) atoms. The van der Waals surface area contributed by atoms with Crippen LogP contribution in [0.3, 0.4) is 0 Å². The summed E-state index contributed by atoms with van der Waals surface area (Å²) in [7, 11) is 3.25. The third kappa shape index (κ3) is 4.21. The molecule has 9 nitrogen and oxygen atoms in total. The van der Waals surface area contributed by atoms with Crippen molar-refractivity contribution < 1.29 is 23.5 Å². The van der Waals surface area contributed by atoms with Crippen molar-refractivity contribution in [3.63, 3.8) is 0 Å². The van der Waals surface area contributed by atoms with Gasteiger partial charge in [0.05, 0.1) is 12.3 Å². The number of carbonyl (C=O) groups is 2. The van der Waals surface area contributed by atoms with Crippen molar-refractivity contribution >= 4 is 23.6 Å². The minimum Gasteiger partial charge on any atom is -0.454 e. The number of ether oxygens (including phenoxy) is 2. The van der Waals surface area contributed by atoms with Crippen molar-refractivity contribution in [3.8, 4) is 23.0 Å². The second-order valence-electron chi connectivity index (χ2n) is 5.29. The van der Waals surface area contributed by atoms with Crippen LogP contribution < -0.4 is 14.8 Å². The fourth-order valence-electron chi connectivity index (χ4n) is 1.92. The van der Waals surface area contributed by atoms with E-state index in [1.54, 1.807) is 32.3 Å². The van der Waals surface area contributed by atoms with E-state index in [2.05, 4.69) is 15.5 Å². The summed E-state index contributed by atoms with van der Waals surface area (Å²) in [6, 6.07) is 5.31. The van der Waals surface area contributed by atoms with Crippen molar-refractivity contribution in [2.45, 2.75) is 5.22 Å². The predicted molar refractivity (Wildman–Crippen MR) is 88.3 cm³/mol. The number of aromatic nitrogens is 2. The van der Waals surface area contributed by atoms with Gasteiger partial charge in [0.15, 0.2) is 11.5 Å². The molecule has 0 aliphatic carbocycles. The lowest BCUT2D eigenvalue weighted by molar-refractivity contribution is -0.130. The standard InChI is InChI=1S/C15H16N4O5S/c1-19(2)13(21)6-16-12(20)7-25-15-18-17-14(24-15)9-3-4-10-11(5-9)23-8-22-10/h3-5H,6-8H2,1-2H3,(H,16,20). The van der Waals surface area contributed by atoms with Crippen molar-refractivity contribution in [2.75, 3.05) is 33.2 Å². The zero-order valence-corrected chi connectivity index (χ0v) is 14.5. The van der Waals surface area contributed by atoms with Crippen molar-refractivity contribution in [1.29, 1.82) is 0 Å². The van der Waals surface area contributed by atoms with Crippen LogP contribution in [-0.2, 0) is 9.59 Å². The van der Waals surface area contributed by atoms with E-state index in [0.29, 0.717) is 23.0 Å². The van der Waals surface area contributed by atoms with Gasteiger partial charge in [-0.15, -0.1) is 10.2 Å². The molecule has 0 fully saturated rings. The van der Waals surface area contributed by atoms with Crippen LogP contribution in [0.25, 0.3) is 11.5 Å². The van der Waals surface area contributed by atoms with E-state index in [-0.39, 0.29) is 36.1 Å². The van der Waals surface area contributed by atoms with Gasteiger partial charge >= 0.3 is 0 Å². The summed E-state index contributed by atoms with van der Waals surface area (Å²) in [5.74, 6) is 1.22. The molecule has 0 spiro atoms. The van der Waals surface area contributed by atoms with Gasteiger partial charge in [0.1, 0.15) is 0 Å². The van der Waals surface area contributed by atoms with Crippen LogP contribution in [0.2, 0.25) is 0 Å². The Morgan fingerprint density at radius 2 is 2.04 bits per heavy atom. The molecule has 1 aliphatic heterocycles. The Labute approximate surface area is 147 Å². The fraction of sp³-hybridized carbons (Fsp3) is 0.333. The van der Waals surface area contributed by atoms with Crippen LogP contribution in [0.4, 0.5) is 0 Å². The smallest absolute Gasteiger partial charge is 0.277 e. The summed E-state index contributed by atoms with van der Waals surface area (Å²) >= 11 is 1.10. The zero-order chi connectivity index (χ0) is 17.8. The number of fused-ring (bicyclic) bond motifs is 1. The summed E-state index contributed by atoms with van der Waals surface area (Å²) in [4.78, 5) is 24.5. The van der Waals surface area contributed by atoms with E-state index in [4.69, 9.17) is 13.9 Å². The number of rotatable bonds is 6. The van der Waals surface area contributed by atoms with Crippen LogP contribution in [0.15, 0.2) is 27.8 Å². The number of thioether (sulfide) groups is 1. The predicted octanol–water partition coefficient (Wildman–Crippen LogP) is 0.762. The second kappa shape index (κ2) is 7.43. The van der Waals surface area contributed by atoms with Crippen LogP contribution in [0.5, 0.6) is 11.5 Å². The van der Waals surface area contributed by atoms with Crippen molar-refractivity contribution in [1.82, 2.24) is 20.4 Å². The molecular formula is C15H16N4O5S. The van der Waals surface area contributed by atoms with Crippen LogP contribution in [0.1, 0.15) is 0 Å². The van der Waals surface area contributed by atoms with Gasteiger partial charge in [0, 0.05) is 19.7 Å². The molecule has 0 atom stereocenters. The van der Waals surface area contributed by atoms with Gasteiger partial charge in [-0.05, 0) is 18.2 Å². The van der Waals surface area contributed by atoms with Gasteiger partial charge in [-0.2, -0.15) is 0 Å². The number of carbonyl (C=O) groups excluding carboxylic acids is 2. The molecule has 2 aromatic rings. The normalized spacial score (nSPS) is 12.1. The summed E-state index contributed by atoms with van der Waals surface area (Å²) in [6.07, 6.45) is 0. The van der Waals surface area contributed by atoms with Gasteiger partial charge in [0.25, 0.3) is 5.22 Å². The van der Waals surface area contributed by atoms with E-state index in [1.165, 1.54) is 4.90 Å². The van der Waals surface area contributed by atoms with Gasteiger partial charge in [-0.25, -0.2) is 0 Å². The Morgan fingerprint density at radius 3 is 2.84 bits per heavy atom. The Kier molecular flexibility index (Phi) is 5.08. The first kappa shape index (κ1) is 17.1. The average molecular weight is 364 g/mol. The number of likely N-dealkylation sites (N-methyl/N-ethyl adjacent to an activating group) is 1. The van der Waals surface area contributed by atoms with Crippen molar-refractivity contribution in [2.24, 2.45) is 0 Å². The first-order valence-electron chi connectivity index (χ1n) is 7.36. The average Bonchev–Trinajstić information content (AvgIpc) is 3.25. The number of nitrogens with one attached hydrogen (secondary N) is 1. The highest BCUT2D eigenvalue weighted by Crippen LogP contribution is 2.35. The number of nitrogens with zero attached hydrogens (tertiary/aromatic N) is 3. The largest absolute Gasteiger partial charge is 0.454 e. The molecule has 0 saturated heterocycles. The molecule has 1 aliphatic rings. The Bertz CT molecular complexity index is 792. The monoisotopic (exact) mass is 364 g/mol. The molecule has 132 valence electrons. The van der Waals surface area contributed by atoms with Crippen LogP contribution in [0, 0.1) is 0 Å². The SMILES string of the molecule is CN(C)C(=O)CNC(=O)CSc1nnc(-c2ccc3c(c2)OCO3)o1. The molecule has 3 rings (SSSR count). The number of benzene rings is 1. The lowest BCUT2D eigenvalue weighted by atomic mass is 10.2. The lowest BCUT2D eigenvalue weighted by Crippen LogP contribution is -2.36. The molecule has 0 unspecified atom stereocenters. The summed E-state index contributed by atoms with van der Waals surface area (Å²) < 4.78 is 16.1. The molecule has 10 heteroatoms. The molecule has 2 heterocycles. The first-order valence-corrected chi connectivity index (χ1v) is 8.34. The van der Waals surface area contributed by atoms with Crippen molar-refractivity contribution in [3.05, 3.63) is 18.2 Å². The molecule has 0 radical (unpaired) electrons. The maximum absolute atomic E-state index is 11.7. The van der Waals surface area contributed by atoms with E-state index in [9.17, 15) is 9.59 Å². The Morgan fingerprint density at radius 1 is 1.24 bits per heavy atom. The lowest BCUT2D eigenvalue weighted by Gasteiger charge is -2.10. The molecule has 0 bridgehead atoms. The van der Waals surface area contributed by atoms with Crippen LogP contribution in [-0.4, -0.2) is 60.1 Å². The summed E-state index contributed by atoms with van der Waals surface area (Å²) in [6.45, 7) is 0.147. The van der Waals surface area contributed by atoms with Gasteiger partial charge in [-0.3, -0.25) is 9.59 Å². The number of hydrogen-bond donors (Lipinski definition) is 1. The number of amides is 2. The minimum absolute atomic E-state index is 0.0430. The molecule has 2 amide bonds.